The van der Waals surface area contributed by atoms with E-state index in [2.05, 4.69) is 190 Å². The van der Waals surface area contributed by atoms with E-state index in [4.69, 9.17) is 14.7 Å². The topological polar surface area (TPSA) is 42.7 Å². The van der Waals surface area contributed by atoms with Gasteiger partial charge in [-0.3, -0.25) is 4.57 Å². The number of aromatic nitrogens is 2. The summed E-state index contributed by atoms with van der Waals surface area (Å²) < 4.78 is 9.13. The molecule has 0 saturated heterocycles. The molecule has 6 aromatic carbocycles. The summed E-state index contributed by atoms with van der Waals surface area (Å²) in [6.07, 6.45) is 2.84. The number of benzene rings is 6. The summed E-state index contributed by atoms with van der Waals surface area (Å²) in [5.74, 6) is 1.64. The van der Waals surface area contributed by atoms with E-state index in [0.717, 1.165) is 51.3 Å². The third-order valence-corrected chi connectivity index (χ3v) is 12.6. The zero-order valence-electron chi connectivity index (χ0n) is 33.0. The quantitative estimate of drug-likeness (QED) is 0.180. The van der Waals surface area contributed by atoms with Crippen LogP contribution in [0.2, 0.25) is 0 Å². The fraction of sp³-hybridized carbons (Fsp3) is 0.192. The maximum absolute atomic E-state index is 6.77. The van der Waals surface area contributed by atoms with Gasteiger partial charge in [0.05, 0.1) is 22.4 Å². The molecule has 4 heterocycles. The predicted octanol–water partition coefficient (Wildman–Crippen LogP) is 12.7. The van der Waals surface area contributed by atoms with Gasteiger partial charge in [-0.25, -0.2) is 9.98 Å². The van der Waals surface area contributed by atoms with Crippen LogP contribution < -0.4 is 4.90 Å². The summed E-state index contributed by atoms with van der Waals surface area (Å²) in [4.78, 5) is 12.8. The molecule has 1 aliphatic carbocycles. The Bertz CT molecular complexity index is 2950. The molecule has 8 aromatic rings. The first-order valence-electron chi connectivity index (χ1n) is 20.1. The number of aliphatic imine (C=N–C) groups is 1. The standard InChI is InChI=1S/C52H44N4O/c1-51(2,3)36-23-24-53-48(29-36)56-43-21-13-11-19-39(43)40-30-42-46(31-45(40)56)55(44-22-14-12-20-41(44)52(42,4)5)37-26-34(32-15-7-6-8-16-32)25-35(27-37)50-54-49-38-18-10-9-17-33(38)28-47(49)57-50/h6-27,29-31,47,49H,28H2,1-5H3/t47-,49+/m0/s1. The fourth-order valence-electron chi connectivity index (χ4n) is 9.59. The van der Waals surface area contributed by atoms with Crippen LogP contribution in [-0.2, 0) is 22.0 Å². The molecular weight excluding hydrogens is 697 g/mol. The monoisotopic (exact) mass is 740 g/mol. The lowest BCUT2D eigenvalue weighted by Crippen LogP contribution is -2.30. The second-order valence-electron chi connectivity index (χ2n) is 17.4. The lowest BCUT2D eigenvalue weighted by Gasteiger charge is -2.42. The van der Waals surface area contributed by atoms with Gasteiger partial charge in [0.2, 0.25) is 5.90 Å². The van der Waals surface area contributed by atoms with Crippen molar-refractivity contribution in [2.75, 3.05) is 4.90 Å². The SMILES string of the molecule is CC(C)(C)c1ccnc(-n2c3ccccc3c3cc4c(cc32)N(c2cc(C3=N[C@@H]5c6ccccc6C[C@@H]5O3)cc(-c3ccccc3)c2)c2ccccc2C4(C)C)c1. The number of fused-ring (bicyclic) bond motifs is 8. The van der Waals surface area contributed by atoms with E-state index in [1.54, 1.807) is 0 Å². The smallest absolute Gasteiger partial charge is 0.217 e. The Balaban J connectivity index is 1.17. The lowest BCUT2D eigenvalue weighted by atomic mass is 9.73. The van der Waals surface area contributed by atoms with Crippen molar-refractivity contribution in [1.29, 1.82) is 0 Å². The number of hydrogen-bond acceptors (Lipinski definition) is 4. The molecule has 0 amide bonds. The third-order valence-electron chi connectivity index (χ3n) is 12.6. The summed E-state index contributed by atoms with van der Waals surface area (Å²) in [5.41, 5.74) is 15.1. The first kappa shape index (κ1) is 33.8. The minimum absolute atomic E-state index is 0.0119. The average Bonchev–Trinajstić information content (AvgIpc) is 3.90. The zero-order valence-corrected chi connectivity index (χ0v) is 33.0. The predicted molar refractivity (Wildman–Crippen MR) is 234 cm³/mol. The van der Waals surface area contributed by atoms with Gasteiger partial charge in [0, 0.05) is 40.1 Å². The van der Waals surface area contributed by atoms with Crippen LogP contribution in [0.4, 0.5) is 17.1 Å². The van der Waals surface area contributed by atoms with Gasteiger partial charge in [0.15, 0.2) is 0 Å². The number of pyridine rings is 1. The number of ether oxygens (including phenoxy) is 1. The van der Waals surface area contributed by atoms with E-state index < -0.39 is 0 Å². The van der Waals surface area contributed by atoms with E-state index in [-0.39, 0.29) is 23.0 Å². The lowest BCUT2D eigenvalue weighted by molar-refractivity contribution is 0.206. The average molecular weight is 741 g/mol. The number of para-hydroxylation sites is 2. The van der Waals surface area contributed by atoms with Gasteiger partial charge in [0.1, 0.15) is 18.0 Å². The fourth-order valence-corrected chi connectivity index (χ4v) is 9.59. The molecule has 3 aliphatic rings. The van der Waals surface area contributed by atoms with E-state index in [0.29, 0.717) is 5.90 Å². The van der Waals surface area contributed by atoms with E-state index in [1.807, 2.05) is 6.20 Å². The Hall–Kier alpha value is -6.46. The van der Waals surface area contributed by atoms with E-state index in [9.17, 15) is 0 Å². The first-order valence-corrected chi connectivity index (χ1v) is 20.1. The molecule has 0 fully saturated rings. The molecule has 57 heavy (non-hydrogen) atoms. The number of nitrogens with zero attached hydrogens (tertiary/aromatic N) is 4. The second kappa shape index (κ2) is 12.3. The van der Waals surface area contributed by atoms with Crippen LogP contribution in [0, 0.1) is 0 Å². The first-order chi connectivity index (χ1) is 27.6. The van der Waals surface area contributed by atoms with Crippen molar-refractivity contribution in [1.82, 2.24) is 9.55 Å². The number of rotatable bonds is 4. The summed E-state index contributed by atoms with van der Waals surface area (Å²) >= 11 is 0. The largest absolute Gasteiger partial charge is 0.471 e. The highest BCUT2D eigenvalue weighted by Crippen LogP contribution is 2.54. The van der Waals surface area contributed by atoms with Gasteiger partial charge >= 0.3 is 0 Å². The molecule has 0 saturated carbocycles. The second-order valence-corrected chi connectivity index (χ2v) is 17.4. The molecule has 0 spiro atoms. The molecule has 0 bridgehead atoms. The molecule has 5 heteroatoms. The molecule has 2 atom stereocenters. The normalized spacial score (nSPS) is 17.8. The Labute approximate surface area is 333 Å². The summed E-state index contributed by atoms with van der Waals surface area (Å²) in [7, 11) is 0. The van der Waals surface area contributed by atoms with Gasteiger partial charge < -0.3 is 9.64 Å². The van der Waals surface area contributed by atoms with Crippen molar-refractivity contribution in [3.05, 3.63) is 185 Å². The van der Waals surface area contributed by atoms with Crippen molar-refractivity contribution in [3.8, 4) is 16.9 Å². The molecule has 2 aliphatic heterocycles. The van der Waals surface area contributed by atoms with E-state index in [1.165, 1.54) is 44.3 Å². The molecular formula is C52H44N4O. The summed E-state index contributed by atoms with van der Waals surface area (Å²) in [6, 6.07) is 53.1. The van der Waals surface area contributed by atoms with Crippen LogP contribution in [-0.4, -0.2) is 21.6 Å². The van der Waals surface area contributed by atoms with Crippen molar-refractivity contribution < 1.29 is 4.74 Å². The van der Waals surface area contributed by atoms with Gasteiger partial charge in [-0.15, -0.1) is 0 Å². The number of anilines is 3. The highest BCUT2D eigenvalue weighted by atomic mass is 16.5. The summed E-state index contributed by atoms with van der Waals surface area (Å²) in [5, 5.41) is 2.44. The molecule has 2 aromatic heterocycles. The van der Waals surface area contributed by atoms with Gasteiger partial charge in [0.25, 0.3) is 0 Å². The van der Waals surface area contributed by atoms with E-state index >= 15 is 0 Å². The molecule has 0 unspecified atom stereocenters. The Kier molecular flexibility index (Phi) is 7.28. The van der Waals surface area contributed by atoms with Crippen molar-refractivity contribution >= 4 is 44.8 Å². The number of hydrogen-bond donors (Lipinski definition) is 0. The van der Waals surface area contributed by atoms with Crippen molar-refractivity contribution in [2.45, 2.75) is 64.0 Å². The molecule has 5 nitrogen and oxygen atoms in total. The maximum atomic E-state index is 6.77. The highest BCUT2D eigenvalue weighted by Gasteiger charge is 2.41. The Morgan fingerprint density at radius 3 is 2.26 bits per heavy atom. The van der Waals surface area contributed by atoms with Crippen LogP contribution in [0.5, 0.6) is 0 Å². The zero-order chi connectivity index (χ0) is 38.6. The molecule has 278 valence electrons. The van der Waals surface area contributed by atoms with Gasteiger partial charge in [-0.05, 0) is 99.0 Å². The Morgan fingerprint density at radius 1 is 0.649 bits per heavy atom. The van der Waals surface area contributed by atoms with Crippen molar-refractivity contribution in [3.63, 3.8) is 0 Å². The van der Waals surface area contributed by atoms with Crippen molar-refractivity contribution in [2.24, 2.45) is 4.99 Å². The van der Waals surface area contributed by atoms with Gasteiger partial charge in [-0.1, -0.05) is 126 Å². The third kappa shape index (κ3) is 5.21. The van der Waals surface area contributed by atoms with Crippen LogP contribution in [0.1, 0.15) is 74.0 Å². The maximum Gasteiger partial charge on any atom is 0.217 e. The Morgan fingerprint density at radius 2 is 1.40 bits per heavy atom. The minimum Gasteiger partial charge on any atom is -0.471 e. The van der Waals surface area contributed by atoms with Crippen LogP contribution in [0.15, 0.2) is 157 Å². The van der Waals surface area contributed by atoms with Crippen LogP contribution in [0.3, 0.4) is 0 Å². The van der Waals surface area contributed by atoms with Crippen LogP contribution >= 0.6 is 0 Å². The summed E-state index contributed by atoms with van der Waals surface area (Å²) in [6.45, 7) is 11.5. The highest BCUT2D eigenvalue weighted by molar-refractivity contribution is 6.11. The molecule has 0 N–H and O–H groups in total. The molecule has 0 radical (unpaired) electrons. The minimum atomic E-state index is -0.270. The van der Waals surface area contributed by atoms with Gasteiger partial charge in [-0.2, -0.15) is 0 Å². The van der Waals surface area contributed by atoms with Crippen LogP contribution in [0.25, 0.3) is 38.8 Å². The molecule has 11 rings (SSSR count).